The summed E-state index contributed by atoms with van der Waals surface area (Å²) in [6, 6.07) is 18.7. The summed E-state index contributed by atoms with van der Waals surface area (Å²) in [7, 11) is 0. The molecule has 4 rings (SSSR count). The lowest BCUT2D eigenvalue weighted by Crippen LogP contribution is -2.36. The number of amides is 2. The maximum absolute atomic E-state index is 12.9. The summed E-state index contributed by atoms with van der Waals surface area (Å²) in [4.78, 5) is 27.0. The van der Waals surface area contributed by atoms with E-state index in [-0.39, 0.29) is 11.5 Å². The summed E-state index contributed by atoms with van der Waals surface area (Å²) >= 11 is 0. The monoisotopic (exact) mass is 424 g/mol. The molecule has 0 atom stereocenters. The van der Waals surface area contributed by atoms with Crippen molar-refractivity contribution in [1.29, 1.82) is 0 Å². The van der Waals surface area contributed by atoms with Gasteiger partial charge in [-0.15, -0.1) is 0 Å². The Kier molecular flexibility index (Phi) is 5.50. The maximum atomic E-state index is 12.9. The Bertz CT molecular complexity index is 1130. The van der Waals surface area contributed by atoms with Crippen molar-refractivity contribution < 1.29 is 22.8 Å². The van der Waals surface area contributed by atoms with E-state index in [0.29, 0.717) is 30.8 Å². The molecule has 0 radical (unpaired) electrons. The lowest BCUT2D eigenvalue weighted by Gasteiger charge is -2.29. The second kappa shape index (κ2) is 8.26. The number of nitrogens with one attached hydrogen (secondary N) is 1. The van der Waals surface area contributed by atoms with Gasteiger partial charge in [0.2, 0.25) is 0 Å². The first-order chi connectivity index (χ1) is 14.8. The van der Waals surface area contributed by atoms with Gasteiger partial charge < -0.3 is 10.2 Å². The molecule has 0 spiro atoms. The van der Waals surface area contributed by atoms with Gasteiger partial charge in [0.25, 0.3) is 11.8 Å². The summed E-state index contributed by atoms with van der Waals surface area (Å²) in [5.41, 5.74) is 2.11. The summed E-state index contributed by atoms with van der Waals surface area (Å²) in [5.74, 6) is -0.691. The smallest absolute Gasteiger partial charge is 0.334 e. The number of anilines is 1. The summed E-state index contributed by atoms with van der Waals surface area (Å²) < 4.78 is 38.7. The molecule has 7 heteroatoms. The van der Waals surface area contributed by atoms with E-state index in [9.17, 15) is 22.8 Å². The zero-order valence-corrected chi connectivity index (χ0v) is 16.4. The quantitative estimate of drug-likeness (QED) is 0.632. The Morgan fingerprint density at radius 1 is 0.839 bits per heavy atom. The first-order valence-electron chi connectivity index (χ1n) is 9.76. The van der Waals surface area contributed by atoms with Crippen molar-refractivity contribution in [2.45, 2.75) is 19.1 Å². The fraction of sp³-hybridized carbons (Fsp3) is 0.167. The van der Waals surface area contributed by atoms with Crippen molar-refractivity contribution >= 4 is 17.5 Å². The maximum Gasteiger partial charge on any atom is 0.416 e. The van der Waals surface area contributed by atoms with Gasteiger partial charge in [-0.25, -0.2) is 0 Å². The summed E-state index contributed by atoms with van der Waals surface area (Å²) in [6.07, 6.45) is -3.83. The Labute approximate surface area is 177 Å². The van der Waals surface area contributed by atoms with Crippen molar-refractivity contribution in [2.24, 2.45) is 0 Å². The van der Waals surface area contributed by atoms with Gasteiger partial charge >= 0.3 is 6.18 Å². The molecule has 1 N–H and O–H groups in total. The number of benzene rings is 3. The van der Waals surface area contributed by atoms with Gasteiger partial charge in [0, 0.05) is 29.9 Å². The number of carbonyl (C=O) groups excluding carboxylic acids is 2. The number of halogens is 3. The normalized spacial score (nSPS) is 13.5. The average Bonchev–Trinajstić information content (AvgIpc) is 2.78. The van der Waals surface area contributed by atoms with E-state index in [1.165, 1.54) is 12.1 Å². The predicted molar refractivity (Wildman–Crippen MR) is 111 cm³/mol. The van der Waals surface area contributed by atoms with E-state index in [0.717, 1.165) is 23.3 Å². The minimum absolute atomic E-state index is 0.0651. The number of hydrogen-bond acceptors (Lipinski definition) is 2. The average molecular weight is 424 g/mol. The van der Waals surface area contributed by atoms with Gasteiger partial charge in [0.05, 0.1) is 5.56 Å². The SMILES string of the molecule is O=C(Nc1ccc2c(c1)CN(C(=O)c1ccccc1)CC2)c1cccc(C(F)(F)F)c1. The van der Waals surface area contributed by atoms with Crippen molar-refractivity contribution in [3.05, 3.63) is 101 Å². The molecule has 1 aliphatic rings. The molecule has 0 saturated heterocycles. The second-order valence-corrected chi connectivity index (χ2v) is 7.36. The topological polar surface area (TPSA) is 49.4 Å². The third kappa shape index (κ3) is 4.60. The Balaban J connectivity index is 1.50. The molecule has 4 nitrogen and oxygen atoms in total. The molecule has 31 heavy (non-hydrogen) atoms. The van der Waals surface area contributed by atoms with Crippen LogP contribution in [0.4, 0.5) is 18.9 Å². The number of carbonyl (C=O) groups is 2. The highest BCUT2D eigenvalue weighted by atomic mass is 19.4. The van der Waals surface area contributed by atoms with Crippen molar-refractivity contribution in [3.63, 3.8) is 0 Å². The Hall–Kier alpha value is -3.61. The van der Waals surface area contributed by atoms with E-state index in [2.05, 4.69) is 5.32 Å². The highest BCUT2D eigenvalue weighted by Crippen LogP contribution is 2.30. The number of fused-ring (bicyclic) bond motifs is 1. The van der Waals surface area contributed by atoms with E-state index in [1.54, 1.807) is 29.2 Å². The number of hydrogen-bond donors (Lipinski definition) is 1. The second-order valence-electron chi connectivity index (χ2n) is 7.36. The van der Waals surface area contributed by atoms with Crippen LogP contribution in [-0.4, -0.2) is 23.3 Å². The minimum atomic E-state index is -4.52. The van der Waals surface area contributed by atoms with Gasteiger partial charge in [-0.2, -0.15) is 13.2 Å². The molecule has 3 aromatic rings. The molecule has 0 unspecified atom stereocenters. The third-order valence-corrected chi connectivity index (χ3v) is 5.24. The molecule has 0 fully saturated rings. The first-order valence-corrected chi connectivity index (χ1v) is 9.76. The van der Waals surface area contributed by atoms with Crippen LogP contribution in [0.3, 0.4) is 0 Å². The molecule has 3 aromatic carbocycles. The molecule has 158 valence electrons. The third-order valence-electron chi connectivity index (χ3n) is 5.24. The van der Waals surface area contributed by atoms with Gasteiger partial charge in [0.15, 0.2) is 0 Å². The lowest BCUT2D eigenvalue weighted by atomic mass is 9.98. The van der Waals surface area contributed by atoms with Crippen LogP contribution in [0.25, 0.3) is 0 Å². The molecule has 1 heterocycles. The summed E-state index contributed by atoms with van der Waals surface area (Å²) in [5, 5.41) is 2.65. The molecule has 0 bridgehead atoms. The van der Waals surface area contributed by atoms with E-state index < -0.39 is 17.6 Å². The van der Waals surface area contributed by atoms with Crippen LogP contribution in [0.2, 0.25) is 0 Å². The van der Waals surface area contributed by atoms with Gasteiger partial charge in [-0.1, -0.05) is 30.3 Å². The van der Waals surface area contributed by atoms with Crippen LogP contribution in [-0.2, 0) is 19.1 Å². The van der Waals surface area contributed by atoms with Crippen LogP contribution < -0.4 is 5.32 Å². The highest BCUT2D eigenvalue weighted by Gasteiger charge is 2.31. The van der Waals surface area contributed by atoms with Gasteiger partial charge in [-0.3, -0.25) is 9.59 Å². The van der Waals surface area contributed by atoms with Crippen LogP contribution in [0.5, 0.6) is 0 Å². The molecule has 0 aliphatic carbocycles. The number of alkyl halides is 3. The highest BCUT2D eigenvalue weighted by molar-refractivity contribution is 6.04. The lowest BCUT2D eigenvalue weighted by molar-refractivity contribution is -0.137. The Morgan fingerprint density at radius 2 is 1.58 bits per heavy atom. The molecule has 0 aromatic heterocycles. The molecular weight excluding hydrogens is 405 g/mol. The van der Waals surface area contributed by atoms with Crippen molar-refractivity contribution in [2.75, 3.05) is 11.9 Å². The predicted octanol–water partition coefficient (Wildman–Crippen LogP) is 5.16. The number of rotatable bonds is 3. The van der Waals surface area contributed by atoms with Crippen molar-refractivity contribution in [3.8, 4) is 0 Å². The molecule has 1 aliphatic heterocycles. The fourth-order valence-electron chi connectivity index (χ4n) is 3.61. The first kappa shape index (κ1) is 20.7. The van der Waals surface area contributed by atoms with E-state index in [4.69, 9.17) is 0 Å². The van der Waals surface area contributed by atoms with Gasteiger partial charge in [-0.05, 0) is 60.0 Å². The zero-order valence-electron chi connectivity index (χ0n) is 16.4. The zero-order chi connectivity index (χ0) is 22.0. The fourth-order valence-corrected chi connectivity index (χ4v) is 3.61. The van der Waals surface area contributed by atoms with Crippen LogP contribution >= 0.6 is 0 Å². The van der Waals surface area contributed by atoms with Crippen LogP contribution in [0.15, 0.2) is 72.8 Å². The largest absolute Gasteiger partial charge is 0.416 e. The van der Waals surface area contributed by atoms with E-state index in [1.807, 2.05) is 24.3 Å². The molecule has 0 saturated carbocycles. The van der Waals surface area contributed by atoms with Gasteiger partial charge in [0.1, 0.15) is 0 Å². The molecular formula is C24H19F3N2O2. The standard InChI is InChI=1S/C24H19F3N2O2/c25-24(26,27)20-8-4-7-18(13-20)22(30)28-21-10-9-16-11-12-29(15-19(16)14-21)23(31)17-5-2-1-3-6-17/h1-10,13-14H,11-12,15H2,(H,28,30). The van der Waals surface area contributed by atoms with Crippen molar-refractivity contribution in [1.82, 2.24) is 4.90 Å². The summed E-state index contributed by atoms with van der Waals surface area (Å²) in [6.45, 7) is 0.993. The molecule has 2 amide bonds. The number of nitrogens with zero attached hydrogens (tertiary/aromatic N) is 1. The van der Waals surface area contributed by atoms with Crippen LogP contribution in [0, 0.1) is 0 Å². The van der Waals surface area contributed by atoms with Crippen LogP contribution in [0.1, 0.15) is 37.4 Å². The van der Waals surface area contributed by atoms with E-state index >= 15 is 0 Å². The minimum Gasteiger partial charge on any atom is -0.334 e. The Morgan fingerprint density at radius 3 is 2.32 bits per heavy atom.